The average molecular weight is 468 g/mol. The molecule has 34 heavy (non-hydrogen) atoms. The second-order valence-corrected chi connectivity index (χ2v) is 10.1. The minimum atomic E-state index is -0.501. The van der Waals surface area contributed by atoms with Crippen molar-refractivity contribution < 1.29 is 14.4 Å². The smallest absolute Gasteiger partial charge is 0.352 e. The zero-order chi connectivity index (χ0) is 25.0. The third-order valence-corrected chi connectivity index (χ3v) is 5.75. The van der Waals surface area contributed by atoms with Crippen LogP contribution in [0.4, 0.5) is 10.5 Å². The van der Waals surface area contributed by atoms with E-state index >= 15 is 0 Å². The first-order valence-corrected chi connectivity index (χ1v) is 11.5. The number of ether oxygens (including phenoxy) is 1. The number of carbonyl (C=O) groups excluding carboxylic acids is 1. The summed E-state index contributed by atoms with van der Waals surface area (Å²) in [5, 5.41) is 6.30. The Kier molecular flexibility index (Phi) is 7.84. The maximum Gasteiger partial charge on any atom is 0.352 e. The molecule has 0 spiro atoms. The van der Waals surface area contributed by atoms with Gasteiger partial charge in [0.25, 0.3) is 0 Å². The molecule has 0 saturated heterocycles. The summed E-state index contributed by atoms with van der Waals surface area (Å²) in [6, 6.07) is 11.3. The second kappa shape index (κ2) is 10.4. The van der Waals surface area contributed by atoms with Crippen molar-refractivity contribution in [2.45, 2.75) is 59.5 Å². The third kappa shape index (κ3) is 6.27. The summed E-state index contributed by atoms with van der Waals surface area (Å²) in [5.41, 5.74) is 5.63. The Balaban J connectivity index is 1.86. The molecule has 0 radical (unpaired) electrons. The summed E-state index contributed by atoms with van der Waals surface area (Å²) in [6.45, 7) is 8.82. The normalized spacial score (nSPS) is 14.1. The van der Waals surface area contributed by atoms with Gasteiger partial charge < -0.3 is 9.57 Å². The molecular formula is C26H37N5O3. The highest BCUT2D eigenvalue weighted by atomic mass is 16.6. The Morgan fingerprint density at radius 3 is 2.44 bits per heavy atom. The van der Waals surface area contributed by atoms with E-state index in [4.69, 9.17) is 21.3 Å². The first-order valence-electron chi connectivity index (χ1n) is 11.5. The highest BCUT2D eigenvalue weighted by Crippen LogP contribution is 2.44. The molecular weight excluding hydrogens is 430 g/mol. The minimum Gasteiger partial charge on any atom is -0.489 e. The van der Waals surface area contributed by atoms with Crippen LogP contribution in [0.25, 0.3) is 0 Å². The molecule has 3 rings (SSSR count). The van der Waals surface area contributed by atoms with Crippen molar-refractivity contribution in [1.82, 2.24) is 5.01 Å². The SMILES string of the molecule is CO/N=C(\CC(C)(C)C)c1ccc(OCc2c(C3CC3)cccc2N(N)C(=O)N(C)N)c(C)c1. The molecule has 0 unspecified atom stereocenters. The quantitative estimate of drug-likeness (QED) is 0.250. The van der Waals surface area contributed by atoms with Crippen molar-refractivity contribution >= 4 is 17.4 Å². The van der Waals surface area contributed by atoms with Crippen LogP contribution in [0.1, 0.15) is 68.2 Å². The maximum absolute atomic E-state index is 12.4. The zero-order valence-corrected chi connectivity index (χ0v) is 21.1. The van der Waals surface area contributed by atoms with Gasteiger partial charge >= 0.3 is 6.03 Å². The average Bonchev–Trinajstić information content (AvgIpc) is 3.61. The van der Waals surface area contributed by atoms with E-state index in [0.29, 0.717) is 18.2 Å². The van der Waals surface area contributed by atoms with Gasteiger partial charge in [0.1, 0.15) is 19.5 Å². The number of carbonyl (C=O) groups is 1. The van der Waals surface area contributed by atoms with Gasteiger partial charge in [0.15, 0.2) is 0 Å². The highest BCUT2D eigenvalue weighted by molar-refractivity contribution is 6.00. The molecule has 8 nitrogen and oxygen atoms in total. The molecule has 0 bridgehead atoms. The van der Waals surface area contributed by atoms with Crippen molar-refractivity contribution in [3.8, 4) is 5.75 Å². The standard InChI is InChI=1S/C26H37N5O3/c1-17-14-19(22(29-33-6)15-26(2,3)4)12-13-24(17)34-16-21-20(18-10-11-18)8-7-9-23(21)31(28)25(32)30(5)27/h7-9,12-14,18H,10-11,15-16,27-28H2,1-6H3/b29-22+. The van der Waals surface area contributed by atoms with Crippen molar-refractivity contribution in [2.24, 2.45) is 22.3 Å². The summed E-state index contributed by atoms with van der Waals surface area (Å²) < 4.78 is 6.26. The number of hydrogen-bond acceptors (Lipinski definition) is 6. The molecule has 0 aromatic heterocycles. The Hall–Kier alpha value is -3.10. The number of aryl methyl sites for hydroxylation is 1. The Morgan fingerprint density at radius 1 is 1.18 bits per heavy atom. The van der Waals surface area contributed by atoms with Gasteiger partial charge in [0, 0.05) is 12.6 Å². The number of nitrogens with zero attached hydrogens (tertiary/aromatic N) is 3. The topological polar surface area (TPSA) is 106 Å². The molecule has 4 N–H and O–H groups in total. The van der Waals surface area contributed by atoms with Crippen molar-refractivity contribution in [3.63, 3.8) is 0 Å². The van der Waals surface area contributed by atoms with Gasteiger partial charge in [-0.2, -0.15) is 0 Å². The largest absolute Gasteiger partial charge is 0.489 e. The molecule has 2 aromatic carbocycles. The van der Waals surface area contributed by atoms with E-state index in [0.717, 1.165) is 63.0 Å². The Labute approximate surface area is 202 Å². The molecule has 1 aliphatic carbocycles. The molecule has 1 saturated carbocycles. The van der Waals surface area contributed by atoms with Crippen LogP contribution < -0.4 is 21.4 Å². The molecule has 2 amide bonds. The van der Waals surface area contributed by atoms with Crippen molar-refractivity contribution in [3.05, 3.63) is 58.7 Å². The summed E-state index contributed by atoms with van der Waals surface area (Å²) in [7, 11) is 3.03. The van der Waals surface area contributed by atoms with Crippen LogP contribution in [-0.4, -0.2) is 30.9 Å². The lowest BCUT2D eigenvalue weighted by Gasteiger charge is -2.25. The number of hydrazine groups is 2. The van der Waals surface area contributed by atoms with Gasteiger partial charge in [-0.15, -0.1) is 0 Å². The molecule has 2 aromatic rings. The van der Waals surface area contributed by atoms with Crippen LogP contribution >= 0.6 is 0 Å². The first-order chi connectivity index (χ1) is 16.0. The van der Waals surface area contributed by atoms with E-state index in [9.17, 15) is 4.79 Å². The highest BCUT2D eigenvalue weighted by Gasteiger charge is 2.29. The number of amides is 2. The second-order valence-electron chi connectivity index (χ2n) is 10.1. The fourth-order valence-electron chi connectivity index (χ4n) is 3.97. The summed E-state index contributed by atoms with van der Waals surface area (Å²) >= 11 is 0. The fourth-order valence-corrected chi connectivity index (χ4v) is 3.97. The van der Waals surface area contributed by atoms with E-state index in [1.54, 1.807) is 7.11 Å². The lowest BCUT2D eigenvalue weighted by molar-refractivity contribution is 0.211. The van der Waals surface area contributed by atoms with Gasteiger partial charge in [-0.05, 0) is 78.5 Å². The molecule has 1 aliphatic rings. The molecule has 0 heterocycles. The van der Waals surface area contributed by atoms with Gasteiger partial charge in [-0.25, -0.2) is 21.5 Å². The van der Waals surface area contributed by atoms with E-state index in [1.807, 2.05) is 31.2 Å². The number of hydrogen-bond donors (Lipinski definition) is 2. The number of anilines is 1. The number of urea groups is 1. The summed E-state index contributed by atoms with van der Waals surface area (Å²) in [5.74, 6) is 13.0. The van der Waals surface area contributed by atoms with Crippen molar-refractivity contribution in [2.75, 3.05) is 19.2 Å². The number of oxime groups is 1. The number of rotatable bonds is 8. The van der Waals surface area contributed by atoms with E-state index in [2.05, 4.69) is 38.1 Å². The monoisotopic (exact) mass is 467 g/mol. The van der Waals surface area contributed by atoms with Gasteiger partial charge in [-0.3, -0.25) is 5.01 Å². The maximum atomic E-state index is 12.4. The van der Waals surface area contributed by atoms with Gasteiger partial charge in [0.05, 0.1) is 11.4 Å². The van der Waals surface area contributed by atoms with E-state index < -0.39 is 6.03 Å². The van der Waals surface area contributed by atoms with Gasteiger partial charge in [-0.1, -0.05) is 38.1 Å². The summed E-state index contributed by atoms with van der Waals surface area (Å²) in [4.78, 5) is 17.5. The van der Waals surface area contributed by atoms with Crippen LogP contribution in [0.2, 0.25) is 0 Å². The van der Waals surface area contributed by atoms with Crippen LogP contribution in [0.15, 0.2) is 41.6 Å². The van der Waals surface area contributed by atoms with E-state index in [1.165, 1.54) is 7.05 Å². The molecule has 0 aliphatic heterocycles. The van der Waals surface area contributed by atoms with E-state index in [-0.39, 0.29) is 5.41 Å². The predicted molar refractivity (Wildman–Crippen MR) is 136 cm³/mol. The van der Waals surface area contributed by atoms with Crippen LogP contribution in [0, 0.1) is 12.3 Å². The Bertz CT molecular complexity index is 1050. The lowest BCUT2D eigenvalue weighted by Crippen LogP contribution is -2.49. The van der Waals surface area contributed by atoms with Crippen LogP contribution in [0.5, 0.6) is 5.75 Å². The van der Waals surface area contributed by atoms with Crippen molar-refractivity contribution in [1.29, 1.82) is 0 Å². The first kappa shape index (κ1) is 25.5. The molecule has 184 valence electrons. The molecule has 0 atom stereocenters. The van der Waals surface area contributed by atoms with Crippen LogP contribution in [0.3, 0.4) is 0 Å². The number of benzene rings is 2. The third-order valence-electron chi connectivity index (χ3n) is 5.75. The summed E-state index contributed by atoms with van der Waals surface area (Å²) in [6.07, 6.45) is 3.03. The Morgan fingerprint density at radius 2 is 1.88 bits per heavy atom. The minimum absolute atomic E-state index is 0.0759. The number of nitrogens with two attached hydrogens (primary N) is 2. The molecule has 1 fully saturated rings. The fraction of sp³-hybridized carbons (Fsp3) is 0.462. The molecule has 8 heteroatoms. The van der Waals surface area contributed by atoms with Gasteiger partial charge in [0.2, 0.25) is 0 Å². The predicted octanol–water partition coefficient (Wildman–Crippen LogP) is 4.84. The lowest BCUT2D eigenvalue weighted by atomic mass is 9.87. The van der Waals surface area contributed by atoms with Crippen LogP contribution in [-0.2, 0) is 11.4 Å². The zero-order valence-electron chi connectivity index (χ0n) is 21.1.